The standard InChI is InChI=1S/C11H15Cl2N3S/c1-5-3-4-6(2)7(5)14-11(17)10-15-8(12)9(13)16-10/h5-7H,3-4H2,1-2H3,(H,14,17)(H,15,16)/t5-,6-/m0/s1. The quantitative estimate of drug-likeness (QED) is 0.821. The zero-order valence-electron chi connectivity index (χ0n) is 9.76. The van der Waals surface area contributed by atoms with Crippen LogP contribution in [0.3, 0.4) is 0 Å². The molecule has 1 aromatic heterocycles. The van der Waals surface area contributed by atoms with Gasteiger partial charge in [-0.05, 0) is 24.7 Å². The number of nitrogens with zero attached hydrogens (tertiary/aromatic N) is 1. The maximum atomic E-state index is 5.81. The molecule has 1 aromatic rings. The van der Waals surface area contributed by atoms with Gasteiger partial charge in [-0.15, -0.1) is 0 Å². The number of halogens is 2. The first-order valence-corrected chi connectivity index (χ1v) is 6.87. The Morgan fingerprint density at radius 2 is 1.94 bits per heavy atom. The third-order valence-electron chi connectivity index (χ3n) is 3.44. The van der Waals surface area contributed by atoms with E-state index >= 15 is 0 Å². The van der Waals surface area contributed by atoms with Crippen LogP contribution in [0.4, 0.5) is 0 Å². The molecule has 2 atom stereocenters. The van der Waals surface area contributed by atoms with E-state index in [9.17, 15) is 0 Å². The molecule has 0 bridgehead atoms. The molecule has 2 rings (SSSR count). The van der Waals surface area contributed by atoms with Crippen molar-refractivity contribution in [3.8, 4) is 0 Å². The molecule has 1 aliphatic carbocycles. The second-order valence-electron chi connectivity index (χ2n) is 4.72. The van der Waals surface area contributed by atoms with E-state index in [0.717, 1.165) is 0 Å². The van der Waals surface area contributed by atoms with Crippen molar-refractivity contribution >= 4 is 40.4 Å². The summed E-state index contributed by atoms with van der Waals surface area (Å²) in [5, 5.41) is 3.95. The number of H-pyrrole nitrogens is 1. The van der Waals surface area contributed by atoms with Crippen LogP contribution in [0, 0.1) is 11.8 Å². The summed E-state index contributed by atoms with van der Waals surface area (Å²) < 4.78 is 0. The van der Waals surface area contributed by atoms with E-state index in [1.807, 2.05) is 0 Å². The van der Waals surface area contributed by atoms with Gasteiger partial charge in [0, 0.05) is 6.04 Å². The molecule has 6 heteroatoms. The molecule has 1 heterocycles. The predicted molar refractivity (Wildman–Crippen MR) is 74.8 cm³/mol. The van der Waals surface area contributed by atoms with Gasteiger partial charge in [-0.1, -0.05) is 49.3 Å². The van der Waals surface area contributed by atoms with Gasteiger partial charge in [0.2, 0.25) is 0 Å². The molecule has 0 saturated heterocycles. The largest absolute Gasteiger partial charge is 0.370 e. The third kappa shape index (κ3) is 2.75. The van der Waals surface area contributed by atoms with E-state index < -0.39 is 0 Å². The lowest BCUT2D eigenvalue weighted by Gasteiger charge is -2.22. The zero-order valence-corrected chi connectivity index (χ0v) is 12.1. The van der Waals surface area contributed by atoms with Gasteiger partial charge in [-0.25, -0.2) is 4.98 Å². The van der Waals surface area contributed by atoms with E-state index in [1.165, 1.54) is 12.8 Å². The van der Waals surface area contributed by atoms with Gasteiger partial charge < -0.3 is 10.3 Å². The fraction of sp³-hybridized carbons (Fsp3) is 0.636. The lowest BCUT2D eigenvalue weighted by Crippen LogP contribution is -2.39. The zero-order chi connectivity index (χ0) is 12.6. The average Bonchev–Trinajstić information content (AvgIpc) is 2.76. The van der Waals surface area contributed by atoms with Gasteiger partial charge in [0.05, 0.1) is 0 Å². The van der Waals surface area contributed by atoms with Gasteiger partial charge in [0.1, 0.15) is 10.1 Å². The van der Waals surface area contributed by atoms with Crippen molar-refractivity contribution in [1.82, 2.24) is 15.3 Å². The second kappa shape index (κ2) is 5.12. The number of imidazole rings is 1. The first-order valence-electron chi connectivity index (χ1n) is 5.71. The van der Waals surface area contributed by atoms with Crippen molar-refractivity contribution in [3.63, 3.8) is 0 Å². The second-order valence-corrected chi connectivity index (χ2v) is 5.87. The highest BCUT2D eigenvalue weighted by Crippen LogP contribution is 2.30. The van der Waals surface area contributed by atoms with Crippen LogP contribution >= 0.6 is 35.4 Å². The minimum atomic E-state index is 0.262. The van der Waals surface area contributed by atoms with Crippen LogP contribution in [-0.4, -0.2) is 21.0 Å². The number of aromatic nitrogens is 2. The maximum absolute atomic E-state index is 5.81. The first-order chi connectivity index (χ1) is 7.99. The summed E-state index contributed by atoms with van der Waals surface area (Å²) in [5.74, 6) is 1.80. The number of hydrogen-bond donors (Lipinski definition) is 2. The van der Waals surface area contributed by atoms with Crippen molar-refractivity contribution < 1.29 is 0 Å². The van der Waals surface area contributed by atoms with Crippen molar-refractivity contribution in [2.75, 3.05) is 0 Å². The summed E-state index contributed by atoms with van der Waals surface area (Å²) in [6.07, 6.45) is 2.47. The van der Waals surface area contributed by atoms with Crippen LogP contribution in [0.5, 0.6) is 0 Å². The monoisotopic (exact) mass is 291 g/mol. The molecule has 1 saturated carbocycles. The highest BCUT2D eigenvalue weighted by molar-refractivity contribution is 7.80. The molecule has 94 valence electrons. The summed E-state index contributed by atoms with van der Waals surface area (Å²) in [6.45, 7) is 4.48. The molecule has 0 spiro atoms. The van der Waals surface area contributed by atoms with Crippen molar-refractivity contribution in [2.24, 2.45) is 11.8 Å². The highest BCUT2D eigenvalue weighted by Gasteiger charge is 2.31. The lowest BCUT2D eigenvalue weighted by molar-refractivity contribution is 0.419. The molecule has 0 radical (unpaired) electrons. The molecular formula is C11H15Cl2N3S. The van der Waals surface area contributed by atoms with E-state index in [1.54, 1.807) is 0 Å². The smallest absolute Gasteiger partial charge is 0.167 e. The van der Waals surface area contributed by atoms with E-state index in [2.05, 4.69) is 29.1 Å². The van der Waals surface area contributed by atoms with Crippen molar-refractivity contribution in [3.05, 3.63) is 16.1 Å². The van der Waals surface area contributed by atoms with Crippen molar-refractivity contribution in [2.45, 2.75) is 32.7 Å². The first kappa shape index (κ1) is 13.1. The Hall–Kier alpha value is -0.320. The summed E-state index contributed by atoms with van der Waals surface area (Å²) in [5.41, 5.74) is 0. The van der Waals surface area contributed by atoms with Crippen LogP contribution in [0.1, 0.15) is 32.5 Å². The van der Waals surface area contributed by atoms with Crippen molar-refractivity contribution in [1.29, 1.82) is 0 Å². The highest BCUT2D eigenvalue weighted by atomic mass is 35.5. The van der Waals surface area contributed by atoms with E-state index in [4.69, 9.17) is 35.4 Å². The molecule has 1 aliphatic rings. The summed E-state index contributed by atoms with van der Waals surface area (Å²) in [6, 6.07) is 0.408. The van der Waals surface area contributed by atoms with Crippen LogP contribution in [0.2, 0.25) is 10.3 Å². The molecule has 0 amide bonds. The summed E-state index contributed by atoms with van der Waals surface area (Å²) in [4.78, 5) is 7.53. The Morgan fingerprint density at radius 1 is 1.35 bits per heavy atom. The molecule has 0 aliphatic heterocycles. The number of thiocarbonyl (C=S) groups is 1. The van der Waals surface area contributed by atoms with Gasteiger partial charge in [-0.2, -0.15) is 0 Å². The minimum Gasteiger partial charge on any atom is -0.370 e. The SMILES string of the molecule is C[C@H]1CC[C@H](C)C1NC(=S)c1nc(Cl)c(Cl)[nH]1. The predicted octanol–water partition coefficient (Wildman–Crippen LogP) is 3.42. The number of rotatable bonds is 2. The lowest BCUT2D eigenvalue weighted by atomic mass is 10.0. The van der Waals surface area contributed by atoms with E-state index in [0.29, 0.717) is 33.8 Å². The molecule has 17 heavy (non-hydrogen) atoms. The molecule has 3 nitrogen and oxygen atoms in total. The Bertz CT molecular complexity index is 403. The van der Waals surface area contributed by atoms with Gasteiger partial charge in [-0.3, -0.25) is 0 Å². The van der Waals surface area contributed by atoms with Gasteiger partial charge in [0.15, 0.2) is 11.0 Å². The maximum Gasteiger partial charge on any atom is 0.167 e. The molecule has 2 N–H and O–H groups in total. The van der Waals surface area contributed by atoms with E-state index in [-0.39, 0.29) is 5.15 Å². The topological polar surface area (TPSA) is 40.7 Å². The van der Waals surface area contributed by atoms with Crippen LogP contribution < -0.4 is 5.32 Å². The molecule has 0 unspecified atom stereocenters. The Labute approximate surface area is 116 Å². The van der Waals surface area contributed by atoms with Crippen LogP contribution in [-0.2, 0) is 0 Å². The van der Waals surface area contributed by atoms with Gasteiger partial charge >= 0.3 is 0 Å². The average molecular weight is 292 g/mol. The van der Waals surface area contributed by atoms with Gasteiger partial charge in [0.25, 0.3) is 0 Å². The summed E-state index contributed by atoms with van der Waals surface area (Å²) in [7, 11) is 0. The fourth-order valence-electron chi connectivity index (χ4n) is 2.39. The Balaban J connectivity index is 2.06. The molecule has 1 fully saturated rings. The summed E-state index contributed by atoms with van der Waals surface area (Å²) >= 11 is 16.9. The Kier molecular flexibility index (Phi) is 3.95. The number of aromatic amines is 1. The Morgan fingerprint density at radius 3 is 2.41 bits per heavy atom. The van der Waals surface area contributed by atoms with Crippen LogP contribution in [0.25, 0.3) is 0 Å². The fourth-order valence-corrected chi connectivity index (χ4v) is 2.88. The number of hydrogen-bond acceptors (Lipinski definition) is 2. The minimum absolute atomic E-state index is 0.262. The number of nitrogens with one attached hydrogen (secondary N) is 2. The molecular weight excluding hydrogens is 277 g/mol. The normalized spacial score (nSPS) is 25.2. The molecule has 0 aromatic carbocycles. The third-order valence-corrected chi connectivity index (χ3v) is 4.39. The van der Waals surface area contributed by atoms with Crippen LogP contribution in [0.15, 0.2) is 0 Å².